The molecule has 0 bridgehead atoms. The highest BCUT2D eigenvalue weighted by Crippen LogP contribution is 2.63. The summed E-state index contributed by atoms with van der Waals surface area (Å²) in [4.78, 5) is 0. The number of rotatable bonds is 6. The van der Waals surface area contributed by atoms with Gasteiger partial charge in [-0.25, -0.2) is 0 Å². The standard InChI is InChI=1S/C54H38F12/c1-29(2)31-5-23-41-43-27-48-44(28-47(43)49(45(41)25-31,33-7-15-37(16-8-33)51(55,56)57)34-9-17-38(18-10-34)52(58,59)60)42-24-6-32(30(3)4)26-46(42)50(48,35-11-19-39(20-12-35)53(61,62)63)36-13-21-40(22-14-36)54(64,65)66/h5-30H,1-4H3. The fourth-order valence-electron chi connectivity index (χ4n) is 10.1. The van der Waals surface area contributed by atoms with Crippen LogP contribution in [0.2, 0.25) is 0 Å². The maximum Gasteiger partial charge on any atom is 0.416 e. The molecule has 2 aliphatic carbocycles. The Hall–Kier alpha value is -6.30. The molecule has 0 radical (unpaired) electrons. The number of fused-ring (bicyclic) bond motifs is 6. The smallest absolute Gasteiger partial charge is 0.166 e. The summed E-state index contributed by atoms with van der Waals surface area (Å²) < 4.78 is 170. The molecule has 0 amide bonds. The van der Waals surface area contributed by atoms with Crippen LogP contribution < -0.4 is 0 Å². The van der Waals surface area contributed by atoms with Gasteiger partial charge in [0.25, 0.3) is 0 Å². The molecule has 0 unspecified atom stereocenters. The van der Waals surface area contributed by atoms with Crippen LogP contribution in [0.5, 0.6) is 0 Å². The van der Waals surface area contributed by atoms with Crippen LogP contribution in [-0.4, -0.2) is 0 Å². The average molecular weight is 915 g/mol. The van der Waals surface area contributed by atoms with E-state index in [4.69, 9.17) is 0 Å². The third-order valence-electron chi connectivity index (χ3n) is 13.4. The lowest BCUT2D eigenvalue weighted by molar-refractivity contribution is -0.138. The molecular weight excluding hydrogens is 877 g/mol. The second kappa shape index (κ2) is 15.1. The number of halogens is 12. The molecular formula is C54H38F12. The first-order chi connectivity index (χ1) is 30.9. The van der Waals surface area contributed by atoms with Crippen molar-refractivity contribution < 1.29 is 52.7 Å². The molecule has 0 saturated carbocycles. The summed E-state index contributed by atoms with van der Waals surface area (Å²) in [5.41, 5.74) is 0.476. The molecule has 0 aromatic heterocycles. The highest BCUT2D eigenvalue weighted by molar-refractivity contribution is 5.95. The van der Waals surface area contributed by atoms with Gasteiger partial charge in [0.1, 0.15) is 0 Å². The van der Waals surface area contributed by atoms with Crippen LogP contribution in [-0.2, 0) is 35.5 Å². The quantitative estimate of drug-likeness (QED) is 0.146. The van der Waals surface area contributed by atoms with Gasteiger partial charge in [-0.2, -0.15) is 52.7 Å². The molecule has 0 atom stereocenters. The van der Waals surface area contributed by atoms with Gasteiger partial charge >= 0.3 is 24.7 Å². The molecule has 12 heteroatoms. The van der Waals surface area contributed by atoms with Gasteiger partial charge in [0.05, 0.1) is 33.1 Å². The van der Waals surface area contributed by atoms with Crippen LogP contribution in [0.1, 0.15) is 117 Å². The molecule has 9 rings (SSSR count). The first-order valence-electron chi connectivity index (χ1n) is 21.1. The zero-order valence-electron chi connectivity index (χ0n) is 35.5. The van der Waals surface area contributed by atoms with Gasteiger partial charge in [0.2, 0.25) is 0 Å². The van der Waals surface area contributed by atoms with Crippen LogP contribution in [0.25, 0.3) is 22.3 Å². The van der Waals surface area contributed by atoms with E-state index in [9.17, 15) is 52.7 Å². The van der Waals surface area contributed by atoms with Crippen LogP contribution in [0, 0.1) is 0 Å². The zero-order valence-corrected chi connectivity index (χ0v) is 35.5. The lowest BCUT2D eigenvalue weighted by Crippen LogP contribution is -2.30. The fourth-order valence-corrected chi connectivity index (χ4v) is 10.1. The zero-order chi connectivity index (χ0) is 47.5. The molecule has 7 aromatic rings. The lowest BCUT2D eigenvalue weighted by Gasteiger charge is -2.36. The van der Waals surface area contributed by atoms with Crippen LogP contribution in [0.15, 0.2) is 146 Å². The molecule has 7 aromatic carbocycles. The molecule has 0 N–H and O–H groups in total. The van der Waals surface area contributed by atoms with Crippen LogP contribution >= 0.6 is 0 Å². The predicted octanol–water partition coefficient (Wildman–Crippen LogP) is 16.7. The Morgan fingerprint density at radius 3 is 0.727 bits per heavy atom. The topological polar surface area (TPSA) is 0 Å². The van der Waals surface area contributed by atoms with Crippen molar-refractivity contribution in [1.29, 1.82) is 0 Å². The molecule has 0 fully saturated rings. The second-order valence-electron chi connectivity index (χ2n) is 17.7. The fraction of sp³-hybridized carbons (Fsp3) is 0.222. The SMILES string of the molecule is CC(C)c1ccc2c(c1)C(c1ccc(C(F)(F)F)cc1)(c1ccc(C(F)(F)F)cc1)c1cc3c(cc1-2)C(c1ccc(C(F)(F)F)cc1)(c1ccc(C(F)(F)F)cc1)c1cc(C(C)C)ccc1-3. The normalized spacial score (nSPS) is 15.2. The summed E-state index contributed by atoms with van der Waals surface area (Å²) in [6, 6.07) is 33.0. The van der Waals surface area contributed by atoms with Crippen molar-refractivity contribution in [3.8, 4) is 22.3 Å². The van der Waals surface area contributed by atoms with Gasteiger partial charge in [0, 0.05) is 0 Å². The minimum Gasteiger partial charge on any atom is -0.166 e. The third-order valence-corrected chi connectivity index (χ3v) is 13.4. The first kappa shape index (κ1) is 44.9. The number of hydrogen-bond donors (Lipinski definition) is 0. The summed E-state index contributed by atoms with van der Waals surface area (Å²) in [5.74, 6) is -0.146. The van der Waals surface area contributed by atoms with Crippen LogP contribution in [0.4, 0.5) is 52.7 Å². The first-order valence-corrected chi connectivity index (χ1v) is 21.1. The maximum atomic E-state index is 14.2. The Balaban J connectivity index is 1.45. The molecule has 66 heavy (non-hydrogen) atoms. The second-order valence-corrected chi connectivity index (χ2v) is 17.7. The van der Waals surface area contributed by atoms with Gasteiger partial charge in [-0.3, -0.25) is 0 Å². The Morgan fingerprint density at radius 2 is 0.515 bits per heavy atom. The van der Waals surface area contributed by atoms with E-state index in [1.54, 1.807) is 0 Å². The monoisotopic (exact) mass is 914 g/mol. The van der Waals surface area contributed by atoms with E-state index in [1.165, 1.54) is 48.5 Å². The Labute approximate surface area is 372 Å². The Bertz CT molecular complexity index is 2660. The highest BCUT2D eigenvalue weighted by Gasteiger charge is 2.52. The number of alkyl halides is 12. The van der Waals surface area contributed by atoms with Crippen molar-refractivity contribution in [3.05, 3.63) is 223 Å². The van der Waals surface area contributed by atoms with Gasteiger partial charge in [0.15, 0.2) is 0 Å². The number of benzene rings is 7. The molecule has 0 heterocycles. The average Bonchev–Trinajstić information content (AvgIpc) is 3.71. The van der Waals surface area contributed by atoms with Gasteiger partial charge in [-0.05, 0) is 150 Å². The number of hydrogen-bond acceptors (Lipinski definition) is 0. The predicted molar refractivity (Wildman–Crippen MR) is 229 cm³/mol. The van der Waals surface area contributed by atoms with Crippen molar-refractivity contribution in [2.75, 3.05) is 0 Å². The summed E-state index contributed by atoms with van der Waals surface area (Å²) >= 11 is 0. The minimum absolute atomic E-state index is 0.0732. The van der Waals surface area contributed by atoms with Gasteiger partial charge in [-0.1, -0.05) is 113 Å². The highest BCUT2D eigenvalue weighted by atomic mass is 19.4. The summed E-state index contributed by atoms with van der Waals surface area (Å²) in [6.07, 6.45) is -18.9. The van der Waals surface area contributed by atoms with E-state index in [0.717, 1.165) is 59.7 Å². The van der Waals surface area contributed by atoms with E-state index >= 15 is 0 Å². The van der Waals surface area contributed by atoms with E-state index in [-0.39, 0.29) is 11.8 Å². The van der Waals surface area contributed by atoms with E-state index in [2.05, 4.69) is 0 Å². The molecule has 2 aliphatic rings. The summed E-state index contributed by atoms with van der Waals surface area (Å²) in [5, 5.41) is 0. The molecule has 0 spiro atoms. The van der Waals surface area contributed by atoms with Gasteiger partial charge < -0.3 is 0 Å². The largest absolute Gasteiger partial charge is 0.416 e. The maximum absolute atomic E-state index is 14.2. The van der Waals surface area contributed by atoms with Crippen molar-refractivity contribution in [3.63, 3.8) is 0 Å². The van der Waals surface area contributed by atoms with Crippen molar-refractivity contribution >= 4 is 0 Å². The molecule has 0 nitrogen and oxygen atoms in total. The van der Waals surface area contributed by atoms with E-state index < -0.39 is 57.8 Å². The third kappa shape index (κ3) is 6.92. The van der Waals surface area contributed by atoms with Gasteiger partial charge in [-0.15, -0.1) is 0 Å². The Kier molecular flexibility index (Phi) is 10.3. The molecule has 0 aliphatic heterocycles. The summed E-state index contributed by atoms with van der Waals surface area (Å²) in [6.45, 7) is 7.78. The van der Waals surface area contributed by atoms with E-state index in [0.29, 0.717) is 66.8 Å². The Morgan fingerprint density at radius 1 is 0.288 bits per heavy atom. The van der Waals surface area contributed by atoms with Crippen LogP contribution in [0.3, 0.4) is 0 Å². The summed E-state index contributed by atoms with van der Waals surface area (Å²) in [7, 11) is 0. The molecule has 0 saturated heterocycles. The lowest BCUT2D eigenvalue weighted by atomic mass is 9.65. The van der Waals surface area contributed by atoms with Crippen molar-refractivity contribution in [2.24, 2.45) is 0 Å². The molecule has 338 valence electrons. The van der Waals surface area contributed by atoms with E-state index in [1.807, 2.05) is 76.2 Å². The minimum atomic E-state index is -4.71. The van der Waals surface area contributed by atoms with Crippen molar-refractivity contribution in [1.82, 2.24) is 0 Å². The van der Waals surface area contributed by atoms with Crippen molar-refractivity contribution in [2.45, 2.75) is 75.1 Å².